The van der Waals surface area contributed by atoms with Crippen LogP contribution in [0.2, 0.25) is 0 Å². The highest BCUT2D eigenvalue weighted by atomic mass is 16.5. The average Bonchev–Trinajstić information content (AvgIpc) is 3.59. The molecule has 2 aromatic heterocycles. The van der Waals surface area contributed by atoms with E-state index in [4.69, 9.17) is 9.72 Å². The van der Waals surface area contributed by atoms with Crippen LogP contribution in [0.25, 0.3) is 33.6 Å². The van der Waals surface area contributed by atoms with Crippen molar-refractivity contribution in [2.75, 3.05) is 20.3 Å². The first kappa shape index (κ1) is 41.5. The lowest BCUT2D eigenvalue weighted by molar-refractivity contribution is -0.138. The molecule has 0 unspecified atom stereocenters. The van der Waals surface area contributed by atoms with E-state index in [2.05, 4.69) is 62.0 Å². The topological polar surface area (TPSA) is 186 Å². The third-order valence-electron chi connectivity index (χ3n) is 12.4. The largest absolute Gasteiger partial charge is 0.465 e. The van der Waals surface area contributed by atoms with Crippen molar-refractivity contribution < 1.29 is 29.0 Å². The zero-order chi connectivity index (χ0) is 42.8. The maximum absolute atomic E-state index is 14.4. The highest BCUT2D eigenvalue weighted by Crippen LogP contribution is 2.39. The van der Waals surface area contributed by atoms with Gasteiger partial charge in [0.2, 0.25) is 17.7 Å². The average molecular weight is 827 g/mol. The van der Waals surface area contributed by atoms with Gasteiger partial charge in [-0.3, -0.25) is 14.4 Å². The third-order valence-corrected chi connectivity index (χ3v) is 12.4. The van der Waals surface area contributed by atoms with Gasteiger partial charge in [0, 0.05) is 31.5 Å². The highest BCUT2D eigenvalue weighted by Gasteiger charge is 2.43. The number of aromatic amines is 2. The molecule has 0 bridgehead atoms. The summed E-state index contributed by atoms with van der Waals surface area (Å²) < 4.78 is 5.52. The second kappa shape index (κ2) is 17.7. The molecule has 4 amide bonds. The third kappa shape index (κ3) is 8.95. The number of imidazole rings is 2. The van der Waals surface area contributed by atoms with Crippen LogP contribution in [0.15, 0.2) is 91.3 Å². The summed E-state index contributed by atoms with van der Waals surface area (Å²) in [7, 11) is 1.67. The maximum atomic E-state index is 14.4. The number of nitrogens with zero attached hydrogens (tertiary/aromatic N) is 4. The first-order chi connectivity index (χ1) is 29.5. The number of aromatic nitrogens is 4. The van der Waals surface area contributed by atoms with Gasteiger partial charge in [-0.25, -0.2) is 14.8 Å². The van der Waals surface area contributed by atoms with E-state index in [1.54, 1.807) is 18.2 Å². The van der Waals surface area contributed by atoms with Crippen LogP contribution in [0.4, 0.5) is 4.79 Å². The maximum Gasteiger partial charge on any atom is 0.405 e. The minimum absolute atomic E-state index is 0.0290. The molecular formula is C47H54N8O6. The number of benzene rings is 3. The van der Waals surface area contributed by atoms with Crippen molar-refractivity contribution >= 4 is 23.8 Å². The van der Waals surface area contributed by atoms with Crippen LogP contribution in [-0.2, 0) is 19.1 Å². The van der Waals surface area contributed by atoms with Crippen LogP contribution in [0.5, 0.6) is 0 Å². The molecule has 318 valence electrons. The number of rotatable bonds is 14. The van der Waals surface area contributed by atoms with E-state index < -0.39 is 18.2 Å². The van der Waals surface area contributed by atoms with Crippen molar-refractivity contribution in [3.63, 3.8) is 0 Å². The van der Waals surface area contributed by atoms with Gasteiger partial charge < -0.3 is 40.2 Å². The van der Waals surface area contributed by atoms with Gasteiger partial charge in [0.25, 0.3) is 0 Å². The Labute approximate surface area is 355 Å². The SMILES string of the molecule is COC[C@H]1C[C@@H](c2ncc(-c3ccc(-c4ccc(-c5cnc([C@@H]6CC[C@H](C)N6C(=O)[C@@H](NC(=O)O)C(C)C)[nH]5)cc4)cc3)[nH]2)N(C(=O)[C@H](NC(=O)C2CC2)c2ccccc2)C1. The molecule has 3 fully saturated rings. The number of nitrogens with one attached hydrogen (secondary N) is 4. The van der Waals surface area contributed by atoms with Gasteiger partial charge in [-0.05, 0) is 72.8 Å². The lowest BCUT2D eigenvalue weighted by atomic mass is 10.0. The Kier molecular flexibility index (Phi) is 12.1. The summed E-state index contributed by atoms with van der Waals surface area (Å²) in [6.07, 6.45) is 6.29. The van der Waals surface area contributed by atoms with Gasteiger partial charge in [0.05, 0.1) is 42.5 Å². The van der Waals surface area contributed by atoms with Gasteiger partial charge in [0.1, 0.15) is 23.7 Å². The zero-order valence-corrected chi connectivity index (χ0v) is 35.0. The molecule has 1 saturated carbocycles. The van der Waals surface area contributed by atoms with Crippen molar-refractivity contribution in [3.05, 3.63) is 108 Å². The number of hydrogen-bond acceptors (Lipinski definition) is 7. The number of H-pyrrole nitrogens is 2. The normalized spacial score (nSPS) is 21.1. The predicted octanol–water partition coefficient (Wildman–Crippen LogP) is 7.28. The fourth-order valence-corrected chi connectivity index (χ4v) is 8.91. The van der Waals surface area contributed by atoms with Crippen LogP contribution >= 0.6 is 0 Å². The molecule has 61 heavy (non-hydrogen) atoms. The number of carboxylic acid groups (broad SMARTS) is 1. The zero-order valence-electron chi connectivity index (χ0n) is 35.0. The van der Waals surface area contributed by atoms with Gasteiger partial charge in [-0.1, -0.05) is 92.7 Å². The molecule has 4 heterocycles. The van der Waals surface area contributed by atoms with E-state index in [1.807, 2.05) is 74.3 Å². The van der Waals surface area contributed by atoms with Gasteiger partial charge >= 0.3 is 6.09 Å². The fourth-order valence-electron chi connectivity index (χ4n) is 8.91. The molecule has 2 aliphatic heterocycles. The Bertz CT molecular complexity index is 2340. The first-order valence-corrected chi connectivity index (χ1v) is 21.3. The summed E-state index contributed by atoms with van der Waals surface area (Å²) >= 11 is 0. The number of ether oxygens (including phenoxy) is 1. The van der Waals surface area contributed by atoms with Gasteiger partial charge in [0.15, 0.2) is 0 Å². The van der Waals surface area contributed by atoms with Crippen LogP contribution < -0.4 is 10.6 Å². The number of hydrogen-bond donors (Lipinski definition) is 5. The Hall–Kier alpha value is -6.28. The summed E-state index contributed by atoms with van der Waals surface area (Å²) in [5, 5.41) is 14.8. The molecule has 3 aliphatic rings. The molecule has 5 aromatic rings. The van der Waals surface area contributed by atoms with Crippen LogP contribution in [0.1, 0.15) is 88.2 Å². The number of carbonyl (C=O) groups is 4. The number of methoxy groups -OCH3 is 1. The Morgan fingerprint density at radius 3 is 1.89 bits per heavy atom. The van der Waals surface area contributed by atoms with E-state index in [-0.39, 0.29) is 53.6 Å². The van der Waals surface area contributed by atoms with Crippen LogP contribution in [0, 0.1) is 17.8 Å². The molecule has 0 radical (unpaired) electrons. The van der Waals surface area contributed by atoms with Crippen molar-refractivity contribution in [2.45, 2.75) is 83.1 Å². The van der Waals surface area contributed by atoms with E-state index >= 15 is 0 Å². The first-order valence-electron chi connectivity index (χ1n) is 21.3. The molecule has 3 aromatic carbocycles. The molecule has 5 N–H and O–H groups in total. The standard InChI is InChI=1S/C47H54N8O6/c1-27(2)40(53-47(59)60)46(58)55-28(3)10-21-38(55)42-48-23-36(50-42)32-15-11-30(12-16-32)31-13-17-33(18-14-31)37-24-49-43(51-37)39-22-29(26-61-4)25-54(39)45(57)41(34-8-6-5-7-9-34)52-44(56)35-19-20-35/h5-9,11-18,23-24,27-29,35,38-41,53H,10,19-22,25-26H2,1-4H3,(H,48,50)(H,49,51)(H,52,56)(H,59,60)/t28-,29-,38-,39-,40-,41+/m0/s1. The van der Waals surface area contributed by atoms with E-state index in [0.717, 1.165) is 64.9 Å². The van der Waals surface area contributed by atoms with Gasteiger partial charge in [-0.2, -0.15) is 0 Å². The number of amides is 4. The molecule has 14 heteroatoms. The van der Waals surface area contributed by atoms with E-state index in [9.17, 15) is 24.3 Å². The summed E-state index contributed by atoms with van der Waals surface area (Å²) in [5.74, 6) is 0.799. The van der Waals surface area contributed by atoms with Crippen molar-refractivity contribution in [2.24, 2.45) is 17.8 Å². The summed E-state index contributed by atoms with van der Waals surface area (Å²) in [6, 6.07) is 23.6. The molecular weight excluding hydrogens is 773 g/mol. The molecule has 0 spiro atoms. The molecule has 14 nitrogen and oxygen atoms in total. The molecule has 1 aliphatic carbocycles. The summed E-state index contributed by atoms with van der Waals surface area (Å²) in [5.41, 5.74) is 6.42. The monoisotopic (exact) mass is 826 g/mol. The lowest BCUT2D eigenvalue weighted by Gasteiger charge is -2.32. The Morgan fingerprint density at radius 2 is 1.34 bits per heavy atom. The molecule has 6 atom stereocenters. The Morgan fingerprint density at radius 1 is 0.770 bits per heavy atom. The van der Waals surface area contributed by atoms with E-state index in [1.165, 1.54) is 0 Å². The second-order valence-electron chi connectivity index (χ2n) is 17.1. The van der Waals surface area contributed by atoms with Crippen molar-refractivity contribution in [1.29, 1.82) is 0 Å². The molecule has 2 saturated heterocycles. The smallest absolute Gasteiger partial charge is 0.405 e. The van der Waals surface area contributed by atoms with Crippen molar-refractivity contribution in [3.8, 4) is 33.6 Å². The minimum Gasteiger partial charge on any atom is -0.465 e. The second-order valence-corrected chi connectivity index (χ2v) is 17.1. The lowest BCUT2D eigenvalue weighted by Crippen LogP contribution is -2.52. The fraction of sp³-hybridized carbons (Fsp3) is 0.404. The molecule has 8 rings (SSSR count). The number of carbonyl (C=O) groups excluding carboxylic acids is 3. The summed E-state index contributed by atoms with van der Waals surface area (Å²) in [4.78, 5) is 72.5. The quantitative estimate of drug-likeness (QED) is 0.0773. The highest BCUT2D eigenvalue weighted by molar-refractivity contribution is 5.91. The predicted molar refractivity (Wildman–Crippen MR) is 230 cm³/mol. The van der Waals surface area contributed by atoms with Gasteiger partial charge in [-0.15, -0.1) is 0 Å². The van der Waals surface area contributed by atoms with Crippen LogP contribution in [0.3, 0.4) is 0 Å². The summed E-state index contributed by atoms with van der Waals surface area (Å²) in [6.45, 7) is 6.68. The Balaban J connectivity index is 0.953. The van der Waals surface area contributed by atoms with Crippen molar-refractivity contribution in [1.82, 2.24) is 40.4 Å². The minimum atomic E-state index is -1.22. The number of likely N-dealkylation sites (tertiary alicyclic amines) is 2. The van der Waals surface area contributed by atoms with Crippen LogP contribution in [-0.4, -0.2) is 91.0 Å². The van der Waals surface area contributed by atoms with E-state index in [0.29, 0.717) is 31.2 Å².